The molecule has 0 unspecified atom stereocenters. The van der Waals surface area contributed by atoms with Crippen molar-refractivity contribution in [3.05, 3.63) is 29.3 Å². The van der Waals surface area contributed by atoms with E-state index in [2.05, 4.69) is 0 Å². The van der Waals surface area contributed by atoms with Crippen LogP contribution in [0.15, 0.2) is 23.1 Å². The lowest BCUT2D eigenvalue weighted by Gasteiger charge is -2.34. The standard InChI is InChI=1S/C16H24N2O4S2/c1-13-3-4-14(2)16(11-13)24(21,22)18-8-6-17(7-9-18)15-5-10-23(19,20)12-15/h3-4,11,15H,5-10,12H2,1-2H3/p+1/t15-/m1/s1. The summed E-state index contributed by atoms with van der Waals surface area (Å²) in [6, 6.07) is 5.61. The monoisotopic (exact) mass is 373 g/mol. The van der Waals surface area contributed by atoms with Gasteiger partial charge in [0.1, 0.15) is 11.8 Å². The van der Waals surface area contributed by atoms with Crippen molar-refractivity contribution in [2.45, 2.75) is 31.2 Å². The lowest BCUT2D eigenvalue weighted by atomic mass is 10.2. The van der Waals surface area contributed by atoms with E-state index in [9.17, 15) is 16.8 Å². The molecule has 1 aromatic carbocycles. The van der Waals surface area contributed by atoms with Crippen LogP contribution in [0.5, 0.6) is 0 Å². The zero-order valence-electron chi connectivity index (χ0n) is 14.2. The van der Waals surface area contributed by atoms with Gasteiger partial charge in [0.15, 0.2) is 9.84 Å². The highest BCUT2D eigenvalue weighted by atomic mass is 32.2. The average molecular weight is 374 g/mol. The van der Waals surface area contributed by atoms with E-state index >= 15 is 0 Å². The molecule has 2 fully saturated rings. The lowest BCUT2D eigenvalue weighted by Crippen LogP contribution is -3.18. The second-order valence-corrected chi connectivity index (χ2v) is 11.1. The molecule has 2 heterocycles. The van der Waals surface area contributed by atoms with Crippen molar-refractivity contribution in [1.82, 2.24) is 4.31 Å². The normalized spacial score (nSPS) is 25.8. The summed E-state index contributed by atoms with van der Waals surface area (Å²) in [6.45, 7) is 5.94. The fourth-order valence-corrected chi connectivity index (χ4v) is 7.24. The van der Waals surface area contributed by atoms with Crippen LogP contribution in [-0.4, -0.2) is 64.9 Å². The average Bonchev–Trinajstić information content (AvgIpc) is 2.90. The van der Waals surface area contributed by atoms with Crippen LogP contribution in [0.3, 0.4) is 0 Å². The van der Waals surface area contributed by atoms with Gasteiger partial charge in [-0.25, -0.2) is 16.8 Å². The summed E-state index contributed by atoms with van der Waals surface area (Å²) in [5, 5.41) is 0. The van der Waals surface area contributed by atoms with Gasteiger partial charge in [-0.2, -0.15) is 4.31 Å². The Morgan fingerprint density at radius 3 is 2.42 bits per heavy atom. The SMILES string of the molecule is Cc1ccc(C)c(S(=O)(=O)N2CC[NH+]([C@@H]3CCS(=O)(=O)C3)CC2)c1. The summed E-state index contributed by atoms with van der Waals surface area (Å²) in [7, 11) is -6.38. The van der Waals surface area contributed by atoms with E-state index in [1.54, 1.807) is 10.4 Å². The van der Waals surface area contributed by atoms with Crippen molar-refractivity contribution in [2.24, 2.45) is 0 Å². The van der Waals surface area contributed by atoms with Crippen LogP contribution in [-0.2, 0) is 19.9 Å². The number of benzene rings is 1. The second-order valence-electron chi connectivity index (χ2n) is 6.93. The number of rotatable bonds is 3. The molecule has 2 aliphatic heterocycles. The summed E-state index contributed by atoms with van der Waals surface area (Å²) >= 11 is 0. The molecule has 134 valence electrons. The fraction of sp³-hybridized carbons (Fsp3) is 0.625. The van der Waals surface area contributed by atoms with E-state index < -0.39 is 19.9 Å². The summed E-state index contributed by atoms with van der Waals surface area (Å²) in [5.41, 5.74) is 1.69. The van der Waals surface area contributed by atoms with Gasteiger partial charge in [0.2, 0.25) is 10.0 Å². The molecule has 0 spiro atoms. The molecule has 3 rings (SSSR count). The van der Waals surface area contributed by atoms with E-state index in [1.165, 1.54) is 4.90 Å². The lowest BCUT2D eigenvalue weighted by molar-refractivity contribution is -0.925. The van der Waals surface area contributed by atoms with Crippen LogP contribution < -0.4 is 4.90 Å². The van der Waals surface area contributed by atoms with Crippen LogP contribution >= 0.6 is 0 Å². The summed E-state index contributed by atoms with van der Waals surface area (Å²) in [6.07, 6.45) is 0.696. The number of hydrogen-bond donors (Lipinski definition) is 1. The molecule has 0 amide bonds. The van der Waals surface area contributed by atoms with Gasteiger partial charge in [-0.05, 0) is 31.0 Å². The molecule has 8 heteroatoms. The highest BCUT2D eigenvalue weighted by Gasteiger charge is 2.39. The molecule has 2 saturated heterocycles. The van der Waals surface area contributed by atoms with Gasteiger partial charge in [-0.1, -0.05) is 12.1 Å². The maximum Gasteiger partial charge on any atom is 0.243 e. The van der Waals surface area contributed by atoms with Crippen LogP contribution in [0.4, 0.5) is 0 Å². The van der Waals surface area contributed by atoms with Gasteiger partial charge in [-0.15, -0.1) is 0 Å². The van der Waals surface area contributed by atoms with E-state index in [1.807, 2.05) is 26.0 Å². The summed E-state index contributed by atoms with van der Waals surface area (Å²) in [5.74, 6) is 0.512. The van der Waals surface area contributed by atoms with Crippen LogP contribution in [0.1, 0.15) is 17.5 Å². The molecule has 0 radical (unpaired) electrons. The Kier molecular flexibility index (Phi) is 4.76. The minimum Gasteiger partial charge on any atom is -0.329 e. The number of piperazine rings is 1. The van der Waals surface area contributed by atoms with Gasteiger partial charge >= 0.3 is 0 Å². The highest BCUT2D eigenvalue weighted by molar-refractivity contribution is 7.91. The smallest absolute Gasteiger partial charge is 0.243 e. The first-order valence-electron chi connectivity index (χ1n) is 8.31. The third-order valence-electron chi connectivity index (χ3n) is 5.14. The number of nitrogens with one attached hydrogen (secondary N) is 1. The minimum atomic E-state index is -3.48. The molecule has 24 heavy (non-hydrogen) atoms. The third-order valence-corrected chi connectivity index (χ3v) is 8.94. The molecule has 0 aliphatic carbocycles. The van der Waals surface area contributed by atoms with Gasteiger partial charge < -0.3 is 4.90 Å². The predicted molar refractivity (Wildman–Crippen MR) is 92.4 cm³/mol. The Balaban J connectivity index is 1.71. The van der Waals surface area contributed by atoms with Gasteiger partial charge in [-0.3, -0.25) is 0 Å². The molecule has 2 aliphatic rings. The van der Waals surface area contributed by atoms with Gasteiger partial charge in [0.25, 0.3) is 0 Å². The topological polar surface area (TPSA) is 76.0 Å². The molecule has 0 bridgehead atoms. The third kappa shape index (κ3) is 3.51. The van der Waals surface area contributed by atoms with Gasteiger partial charge in [0, 0.05) is 6.42 Å². The number of aryl methyl sites for hydroxylation is 2. The minimum absolute atomic E-state index is 0.126. The zero-order valence-corrected chi connectivity index (χ0v) is 15.8. The predicted octanol–water partition coefficient (Wildman–Crippen LogP) is -0.620. The van der Waals surface area contributed by atoms with Crippen molar-refractivity contribution in [1.29, 1.82) is 0 Å². The van der Waals surface area contributed by atoms with E-state index in [-0.39, 0.29) is 17.5 Å². The zero-order chi connectivity index (χ0) is 17.5. The van der Waals surface area contributed by atoms with Crippen molar-refractivity contribution >= 4 is 19.9 Å². The van der Waals surface area contributed by atoms with Crippen LogP contribution in [0, 0.1) is 13.8 Å². The number of sulfonamides is 1. The highest BCUT2D eigenvalue weighted by Crippen LogP contribution is 2.21. The van der Waals surface area contributed by atoms with Crippen LogP contribution in [0.2, 0.25) is 0 Å². The number of hydrogen-bond acceptors (Lipinski definition) is 4. The second kappa shape index (κ2) is 6.40. The van der Waals surface area contributed by atoms with Gasteiger partial charge in [0.05, 0.1) is 36.8 Å². The molecule has 6 nitrogen and oxygen atoms in total. The number of nitrogens with zero attached hydrogens (tertiary/aromatic N) is 1. The Labute approximate surface area is 144 Å². The van der Waals surface area contributed by atoms with Crippen molar-refractivity contribution in [3.8, 4) is 0 Å². The van der Waals surface area contributed by atoms with Crippen molar-refractivity contribution < 1.29 is 21.7 Å². The summed E-state index contributed by atoms with van der Waals surface area (Å²) < 4.78 is 50.7. The Hall–Kier alpha value is -0.960. The maximum absolute atomic E-state index is 12.9. The van der Waals surface area contributed by atoms with Crippen molar-refractivity contribution in [2.75, 3.05) is 37.7 Å². The first-order chi connectivity index (χ1) is 11.2. The molecule has 1 atom stereocenters. The maximum atomic E-state index is 12.9. The molecular weight excluding hydrogens is 348 g/mol. The fourth-order valence-electron chi connectivity index (χ4n) is 3.66. The number of quaternary nitrogens is 1. The Morgan fingerprint density at radius 2 is 1.83 bits per heavy atom. The first kappa shape index (κ1) is 17.8. The van der Waals surface area contributed by atoms with E-state index in [4.69, 9.17) is 0 Å². The van der Waals surface area contributed by atoms with E-state index in [0.29, 0.717) is 37.5 Å². The molecule has 0 saturated carbocycles. The van der Waals surface area contributed by atoms with E-state index in [0.717, 1.165) is 11.1 Å². The quantitative estimate of drug-likeness (QED) is 0.766. The first-order valence-corrected chi connectivity index (χ1v) is 11.6. The molecule has 1 N–H and O–H groups in total. The number of sulfone groups is 1. The molecule has 1 aromatic rings. The Morgan fingerprint density at radius 1 is 1.17 bits per heavy atom. The van der Waals surface area contributed by atoms with Crippen molar-refractivity contribution in [3.63, 3.8) is 0 Å². The molecular formula is C16H25N2O4S2+. The molecule has 0 aromatic heterocycles. The largest absolute Gasteiger partial charge is 0.329 e. The Bertz CT molecular complexity index is 826. The summed E-state index contributed by atoms with van der Waals surface area (Å²) in [4.78, 5) is 1.61. The van der Waals surface area contributed by atoms with Crippen LogP contribution in [0.25, 0.3) is 0 Å².